The highest BCUT2D eigenvalue weighted by molar-refractivity contribution is 5.82. The summed E-state index contributed by atoms with van der Waals surface area (Å²) < 4.78 is 1.87. The minimum absolute atomic E-state index is 0.291. The van der Waals surface area contributed by atoms with Crippen LogP contribution in [0.1, 0.15) is 0 Å². The molecule has 0 aliphatic carbocycles. The van der Waals surface area contributed by atoms with Gasteiger partial charge in [-0.15, -0.1) is 0 Å². The summed E-state index contributed by atoms with van der Waals surface area (Å²) >= 11 is 0. The molecule has 19 heavy (non-hydrogen) atoms. The van der Waals surface area contributed by atoms with Gasteiger partial charge < -0.3 is 9.67 Å². The van der Waals surface area contributed by atoms with E-state index in [0.29, 0.717) is 5.69 Å². The Labute approximate surface area is 108 Å². The Kier molecular flexibility index (Phi) is 2.45. The molecule has 1 N–H and O–H groups in total. The first-order valence-corrected chi connectivity index (χ1v) is 5.71. The van der Waals surface area contributed by atoms with E-state index < -0.39 is 4.92 Å². The van der Waals surface area contributed by atoms with Crippen LogP contribution in [-0.2, 0) is 0 Å². The molecule has 2 aromatic carbocycles. The summed E-state index contributed by atoms with van der Waals surface area (Å²) in [4.78, 5) is 10.1. The highest BCUT2D eigenvalue weighted by Gasteiger charge is 2.14. The van der Waals surface area contributed by atoms with Crippen LogP contribution in [0.5, 0.6) is 5.75 Å². The molecule has 0 aliphatic heterocycles. The largest absolute Gasteiger partial charge is 0.502 e. The van der Waals surface area contributed by atoms with Crippen LogP contribution in [0.3, 0.4) is 0 Å². The Hall–Kier alpha value is -2.82. The lowest BCUT2D eigenvalue weighted by atomic mass is 10.2. The van der Waals surface area contributed by atoms with E-state index in [0.717, 1.165) is 10.9 Å². The van der Waals surface area contributed by atoms with Crippen LogP contribution >= 0.6 is 0 Å². The second-order valence-electron chi connectivity index (χ2n) is 4.17. The van der Waals surface area contributed by atoms with Crippen molar-refractivity contribution < 1.29 is 10.0 Å². The lowest BCUT2D eigenvalue weighted by molar-refractivity contribution is -0.385. The monoisotopic (exact) mass is 254 g/mol. The molecular weight excluding hydrogens is 244 g/mol. The number of para-hydroxylation sites is 1. The van der Waals surface area contributed by atoms with Gasteiger partial charge in [0.05, 0.1) is 10.4 Å². The van der Waals surface area contributed by atoms with E-state index in [2.05, 4.69) is 0 Å². The summed E-state index contributed by atoms with van der Waals surface area (Å²) in [6, 6.07) is 14.1. The molecule has 0 radical (unpaired) electrons. The summed E-state index contributed by atoms with van der Waals surface area (Å²) in [5, 5.41) is 21.4. The van der Waals surface area contributed by atoms with Gasteiger partial charge in [0.1, 0.15) is 0 Å². The van der Waals surface area contributed by atoms with Gasteiger partial charge in [-0.2, -0.15) is 0 Å². The molecule has 5 heteroatoms. The molecule has 0 atom stereocenters. The minimum Gasteiger partial charge on any atom is -0.502 e. The fourth-order valence-electron chi connectivity index (χ4n) is 2.12. The first kappa shape index (κ1) is 11.3. The molecule has 94 valence electrons. The van der Waals surface area contributed by atoms with E-state index in [1.807, 2.05) is 41.1 Å². The highest BCUT2D eigenvalue weighted by atomic mass is 16.6. The fraction of sp³-hybridized carbons (Fsp3) is 0. The molecule has 0 bridgehead atoms. The molecular formula is C14H10N2O3. The zero-order valence-electron chi connectivity index (χ0n) is 9.85. The minimum atomic E-state index is -0.604. The topological polar surface area (TPSA) is 68.3 Å². The summed E-state index contributed by atoms with van der Waals surface area (Å²) in [5.41, 5.74) is 1.38. The molecule has 0 unspecified atom stereocenters. The number of phenols is 1. The number of nitrogens with zero attached hydrogens (tertiary/aromatic N) is 2. The summed E-state index contributed by atoms with van der Waals surface area (Å²) in [5.74, 6) is -0.333. The second-order valence-corrected chi connectivity index (χ2v) is 4.17. The van der Waals surface area contributed by atoms with Crippen LogP contribution in [0.4, 0.5) is 5.69 Å². The number of rotatable bonds is 2. The van der Waals surface area contributed by atoms with Crippen molar-refractivity contribution in [1.29, 1.82) is 0 Å². The van der Waals surface area contributed by atoms with Gasteiger partial charge in [0.15, 0.2) is 5.75 Å². The van der Waals surface area contributed by atoms with Crippen molar-refractivity contribution in [1.82, 2.24) is 4.57 Å². The van der Waals surface area contributed by atoms with Crippen LogP contribution in [0.15, 0.2) is 54.7 Å². The number of fused-ring (bicyclic) bond motifs is 1. The highest BCUT2D eigenvalue weighted by Crippen LogP contribution is 2.29. The van der Waals surface area contributed by atoms with Crippen LogP contribution in [0.25, 0.3) is 16.6 Å². The fourth-order valence-corrected chi connectivity index (χ4v) is 2.12. The summed E-state index contributed by atoms with van der Waals surface area (Å²) in [7, 11) is 0. The van der Waals surface area contributed by atoms with E-state index in [1.54, 1.807) is 6.07 Å². The molecule has 0 fully saturated rings. The van der Waals surface area contributed by atoms with Crippen molar-refractivity contribution in [3.8, 4) is 11.4 Å². The van der Waals surface area contributed by atoms with Gasteiger partial charge in [-0.3, -0.25) is 10.1 Å². The number of benzene rings is 2. The third-order valence-corrected chi connectivity index (χ3v) is 3.03. The van der Waals surface area contributed by atoms with E-state index in [4.69, 9.17) is 0 Å². The molecule has 1 aromatic heterocycles. The molecule has 1 heterocycles. The Morgan fingerprint density at radius 3 is 2.63 bits per heavy atom. The zero-order valence-corrected chi connectivity index (χ0v) is 9.85. The van der Waals surface area contributed by atoms with E-state index in [9.17, 15) is 15.2 Å². The molecule has 3 rings (SSSR count). The second kappa shape index (κ2) is 4.13. The zero-order chi connectivity index (χ0) is 13.4. The SMILES string of the molecule is O=[N+]([O-])c1ccc(-n2ccc3ccccc32)cc1O. The molecule has 0 saturated carbocycles. The van der Waals surface area contributed by atoms with Gasteiger partial charge in [-0.25, -0.2) is 0 Å². The average molecular weight is 254 g/mol. The van der Waals surface area contributed by atoms with Crippen molar-refractivity contribution >= 4 is 16.6 Å². The first-order chi connectivity index (χ1) is 9.16. The maximum atomic E-state index is 10.7. The number of nitro groups is 1. The maximum absolute atomic E-state index is 10.7. The van der Waals surface area contributed by atoms with Crippen LogP contribution in [0.2, 0.25) is 0 Å². The average Bonchev–Trinajstić information content (AvgIpc) is 2.82. The molecule has 0 saturated heterocycles. The predicted molar refractivity (Wildman–Crippen MR) is 71.6 cm³/mol. The van der Waals surface area contributed by atoms with Crippen molar-refractivity contribution in [3.05, 3.63) is 64.8 Å². The number of phenolic OH excluding ortho intramolecular Hbond substituents is 1. The van der Waals surface area contributed by atoms with Crippen molar-refractivity contribution in [2.45, 2.75) is 0 Å². The van der Waals surface area contributed by atoms with Crippen molar-refractivity contribution in [2.75, 3.05) is 0 Å². The Balaban J connectivity index is 2.17. The molecule has 0 aliphatic rings. The molecule has 0 amide bonds. The summed E-state index contributed by atoms with van der Waals surface area (Å²) in [6.07, 6.45) is 1.87. The van der Waals surface area contributed by atoms with Gasteiger partial charge in [-0.05, 0) is 23.6 Å². The first-order valence-electron chi connectivity index (χ1n) is 5.71. The number of aromatic nitrogens is 1. The number of nitro benzene ring substituents is 1. The van der Waals surface area contributed by atoms with E-state index in [-0.39, 0.29) is 11.4 Å². The third-order valence-electron chi connectivity index (χ3n) is 3.03. The standard InChI is InChI=1S/C14H10N2O3/c17-14-9-11(5-6-13(14)16(18)19)15-8-7-10-3-1-2-4-12(10)15/h1-9,17H. The summed E-state index contributed by atoms with van der Waals surface area (Å²) in [6.45, 7) is 0. The molecule has 3 aromatic rings. The van der Waals surface area contributed by atoms with Gasteiger partial charge in [0.25, 0.3) is 0 Å². The normalized spacial score (nSPS) is 10.7. The smallest absolute Gasteiger partial charge is 0.310 e. The quantitative estimate of drug-likeness (QED) is 0.563. The van der Waals surface area contributed by atoms with Crippen molar-refractivity contribution in [2.24, 2.45) is 0 Å². The lowest BCUT2D eigenvalue weighted by Gasteiger charge is -2.06. The van der Waals surface area contributed by atoms with Crippen LogP contribution in [0, 0.1) is 10.1 Å². The van der Waals surface area contributed by atoms with Crippen LogP contribution in [-0.4, -0.2) is 14.6 Å². The molecule has 0 spiro atoms. The number of hydrogen-bond donors (Lipinski definition) is 1. The van der Waals surface area contributed by atoms with Gasteiger partial charge in [-0.1, -0.05) is 18.2 Å². The van der Waals surface area contributed by atoms with E-state index >= 15 is 0 Å². The number of aromatic hydroxyl groups is 1. The Morgan fingerprint density at radius 2 is 1.89 bits per heavy atom. The third kappa shape index (κ3) is 1.81. The number of hydrogen-bond acceptors (Lipinski definition) is 3. The van der Waals surface area contributed by atoms with Crippen LogP contribution < -0.4 is 0 Å². The van der Waals surface area contributed by atoms with Crippen molar-refractivity contribution in [3.63, 3.8) is 0 Å². The predicted octanol–water partition coefficient (Wildman–Crippen LogP) is 3.24. The van der Waals surface area contributed by atoms with Gasteiger partial charge in [0, 0.05) is 24.0 Å². The van der Waals surface area contributed by atoms with Gasteiger partial charge >= 0.3 is 5.69 Å². The maximum Gasteiger partial charge on any atom is 0.310 e. The van der Waals surface area contributed by atoms with Gasteiger partial charge in [0.2, 0.25) is 0 Å². The Bertz CT molecular complexity index is 777. The van der Waals surface area contributed by atoms with E-state index in [1.165, 1.54) is 12.1 Å². The lowest BCUT2D eigenvalue weighted by Crippen LogP contribution is -1.94. The Morgan fingerprint density at radius 1 is 1.11 bits per heavy atom. The molecule has 5 nitrogen and oxygen atoms in total.